The molecule has 74 valence electrons. The molecule has 2 rings (SSSR count). The molecule has 1 aliphatic rings. The van der Waals surface area contributed by atoms with Crippen LogP contribution in [0.25, 0.3) is 0 Å². The summed E-state index contributed by atoms with van der Waals surface area (Å²) in [5, 5.41) is 3.37. The first-order valence-electron chi connectivity index (χ1n) is 4.16. The second kappa shape index (κ2) is 3.98. The van der Waals surface area contributed by atoms with Crippen LogP contribution in [-0.2, 0) is 6.54 Å². The Bertz CT molecular complexity index is 311. The van der Waals surface area contributed by atoms with Crippen LogP contribution in [0.1, 0.15) is 24.5 Å². The molecule has 0 saturated carbocycles. The summed E-state index contributed by atoms with van der Waals surface area (Å²) in [6.45, 7) is 6.22. The zero-order valence-corrected chi connectivity index (χ0v) is 10.1. The van der Waals surface area contributed by atoms with E-state index in [4.69, 9.17) is 0 Å². The molecule has 1 atom stereocenters. The van der Waals surface area contributed by atoms with Gasteiger partial charge in [-0.05, 0) is 29.8 Å². The second-order valence-electron chi connectivity index (χ2n) is 3.17. The average molecular weight is 267 g/mol. The number of nitrogens with one attached hydrogen (secondary N) is 1. The van der Waals surface area contributed by atoms with E-state index in [0.29, 0.717) is 6.04 Å². The zero-order chi connectivity index (χ0) is 8.72. The third kappa shape index (κ3) is 1.75. The van der Waals surface area contributed by atoms with E-state index in [1.807, 2.05) is 6.92 Å². The third-order valence-electron chi connectivity index (χ3n) is 2.27. The SMILES string of the molecule is Cc1nc2n(c1Br)CCN[C@H]2C.Cl. The Kier molecular flexibility index (Phi) is 3.38. The van der Waals surface area contributed by atoms with Crippen molar-refractivity contribution in [3.63, 3.8) is 0 Å². The van der Waals surface area contributed by atoms with Gasteiger partial charge >= 0.3 is 0 Å². The van der Waals surface area contributed by atoms with E-state index in [1.54, 1.807) is 0 Å². The molecule has 5 heteroatoms. The molecular formula is C8H13BrClN3. The molecule has 0 fully saturated rings. The van der Waals surface area contributed by atoms with Crippen molar-refractivity contribution in [1.29, 1.82) is 0 Å². The number of fused-ring (bicyclic) bond motifs is 1. The van der Waals surface area contributed by atoms with Gasteiger partial charge in [0.1, 0.15) is 10.4 Å². The normalized spacial score (nSPS) is 20.7. The molecule has 0 radical (unpaired) electrons. The first kappa shape index (κ1) is 11.0. The van der Waals surface area contributed by atoms with Crippen LogP contribution < -0.4 is 5.32 Å². The lowest BCUT2D eigenvalue weighted by atomic mass is 10.2. The predicted molar refractivity (Wildman–Crippen MR) is 58.3 cm³/mol. The highest BCUT2D eigenvalue weighted by Crippen LogP contribution is 2.24. The summed E-state index contributed by atoms with van der Waals surface area (Å²) >= 11 is 3.54. The van der Waals surface area contributed by atoms with Gasteiger partial charge in [-0.2, -0.15) is 0 Å². The standard InChI is InChI=1S/C8H12BrN3.ClH/c1-5-7(9)12-4-3-10-6(2)8(12)11-5;/h6,10H,3-4H2,1-2H3;1H/t6-;/m0./s1. The van der Waals surface area contributed by atoms with E-state index in [1.165, 1.54) is 0 Å². The molecule has 0 aliphatic carbocycles. The third-order valence-corrected chi connectivity index (χ3v) is 3.27. The van der Waals surface area contributed by atoms with Crippen LogP contribution in [0.2, 0.25) is 0 Å². The Morgan fingerprint density at radius 2 is 2.31 bits per heavy atom. The van der Waals surface area contributed by atoms with Gasteiger partial charge in [-0.1, -0.05) is 0 Å². The molecule has 2 heterocycles. The van der Waals surface area contributed by atoms with Crippen molar-refractivity contribution in [3.05, 3.63) is 16.1 Å². The Morgan fingerprint density at radius 3 is 2.92 bits per heavy atom. The molecule has 0 spiro atoms. The molecule has 0 aromatic carbocycles. The summed E-state index contributed by atoms with van der Waals surface area (Å²) < 4.78 is 3.36. The van der Waals surface area contributed by atoms with Gasteiger partial charge < -0.3 is 9.88 Å². The minimum atomic E-state index is 0. The maximum absolute atomic E-state index is 4.49. The van der Waals surface area contributed by atoms with Crippen LogP contribution in [0.15, 0.2) is 4.60 Å². The molecule has 0 bridgehead atoms. The lowest BCUT2D eigenvalue weighted by molar-refractivity contribution is 0.433. The molecular weight excluding hydrogens is 253 g/mol. The molecule has 1 aromatic heterocycles. The molecule has 1 N–H and O–H groups in total. The van der Waals surface area contributed by atoms with E-state index in [0.717, 1.165) is 29.2 Å². The van der Waals surface area contributed by atoms with Gasteiger partial charge in [0.25, 0.3) is 0 Å². The summed E-state index contributed by atoms with van der Waals surface area (Å²) in [7, 11) is 0. The van der Waals surface area contributed by atoms with Crippen LogP contribution in [-0.4, -0.2) is 16.1 Å². The topological polar surface area (TPSA) is 29.9 Å². The van der Waals surface area contributed by atoms with Gasteiger partial charge in [0.2, 0.25) is 0 Å². The van der Waals surface area contributed by atoms with Crippen LogP contribution in [0.5, 0.6) is 0 Å². The lowest BCUT2D eigenvalue weighted by Crippen LogP contribution is -2.31. The summed E-state index contributed by atoms with van der Waals surface area (Å²) in [4.78, 5) is 4.49. The van der Waals surface area contributed by atoms with E-state index < -0.39 is 0 Å². The number of imidazole rings is 1. The minimum absolute atomic E-state index is 0. The minimum Gasteiger partial charge on any atom is -0.320 e. The maximum atomic E-state index is 4.49. The second-order valence-corrected chi connectivity index (χ2v) is 3.92. The molecule has 0 unspecified atom stereocenters. The van der Waals surface area contributed by atoms with Crippen LogP contribution in [0.4, 0.5) is 0 Å². The van der Waals surface area contributed by atoms with E-state index in [-0.39, 0.29) is 12.4 Å². The number of rotatable bonds is 0. The van der Waals surface area contributed by atoms with Gasteiger partial charge in [-0.3, -0.25) is 0 Å². The molecule has 1 aliphatic heterocycles. The summed E-state index contributed by atoms with van der Waals surface area (Å²) in [6.07, 6.45) is 0. The molecule has 13 heavy (non-hydrogen) atoms. The maximum Gasteiger partial charge on any atom is 0.126 e. The van der Waals surface area contributed by atoms with Crippen molar-refractivity contribution in [3.8, 4) is 0 Å². The van der Waals surface area contributed by atoms with Crippen molar-refractivity contribution in [2.75, 3.05) is 6.54 Å². The highest BCUT2D eigenvalue weighted by molar-refractivity contribution is 9.10. The van der Waals surface area contributed by atoms with E-state index in [9.17, 15) is 0 Å². The summed E-state index contributed by atoms with van der Waals surface area (Å²) in [5.41, 5.74) is 1.08. The number of hydrogen-bond acceptors (Lipinski definition) is 2. The monoisotopic (exact) mass is 265 g/mol. The van der Waals surface area contributed by atoms with Gasteiger partial charge in [-0.15, -0.1) is 12.4 Å². The number of aromatic nitrogens is 2. The Morgan fingerprint density at radius 1 is 1.62 bits per heavy atom. The van der Waals surface area contributed by atoms with Gasteiger partial charge in [0.15, 0.2) is 0 Å². The van der Waals surface area contributed by atoms with Crippen molar-refractivity contribution in [1.82, 2.24) is 14.9 Å². The van der Waals surface area contributed by atoms with Crippen LogP contribution in [0.3, 0.4) is 0 Å². The average Bonchev–Trinajstić information content (AvgIpc) is 2.32. The van der Waals surface area contributed by atoms with Crippen molar-refractivity contribution >= 4 is 28.3 Å². The highest BCUT2D eigenvalue weighted by Gasteiger charge is 2.20. The molecule has 3 nitrogen and oxygen atoms in total. The summed E-state index contributed by atoms with van der Waals surface area (Å²) in [6, 6.07) is 0.378. The van der Waals surface area contributed by atoms with E-state index in [2.05, 4.69) is 37.7 Å². The Balaban J connectivity index is 0.000000845. The Labute approximate surface area is 92.5 Å². The lowest BCUT2D eigenvalue weighted by Gasteiger charge is -2.21. The molecule has 1 aromatic rings. The van der Waals surface area contributed by atoms with E-state index >= 15 is 0 Å². The smallest absolute Gasteiger partial charge is 0.126 e. The zero-order valence-electron chi connectivity index (χ0n) is 7.67. The number of halogens is 2. The fourth-order valence-electron chi connectivity index (χ4n) is 1.60. The fraction of sp³-hybridized carbons (Fsp3) is 0.625. The van der Waals surface area contributed by atoms with Crippen LogP contribution in [0, 0.1) is 6.92 Å². The van der Waals surface area contributed by atoms with Gasteiger partial charge in [0.05, 0.1) is 11.7 Å². The van der Waals surface area contributed by atoms with Gasteiger partial charge in [-0.25, -0.2) is 4.98 Å². The number of aryl methyl sites for hydroxylation is 1. The fourth-order valence-corrected chi connectivity index (χ4v) is 2.05. The molecule has 0 saturated heterocycles. The quantitative estimate of drug-likeness (QED) is 0.779. The molecule has 0 amide bonds. The Hall–Kier alpha value is -0.0600. The number of hydrogen-bond donors (Lipinski definition) is 1. The van der Waals surface area contributed by atoms with Crippen molar-refractivity contribution < 1.29 is 0 Å². The summed E-state index contributed by atoms with van der Waals surface area (Å²) in [5.74, 6) is 1.14. The highest BCUT2D eigenvalue weighted by atomic mass is 79.9. The van der Waals surface area contributed by atoms with Crippen LogP contribution >= 0.6 is 28.3 Å². The van der Waals surface area contributed by atoms with Gasteiger partial charge in [0, 0.05) is 13.1 Å². The first-order valence-corrected chi connectivity index (χ1v) is 4.95. The largest absolute Gasteiger partial charge is 0.320 e. The number of nitrogens with zero attached hydrogens (tertiary/aromatic N) is 2. The predicted octanol–water partition coefficient (Wildman–Crippen LogP) is 2.04. The van der Waals surface area contributed by atoms with Crippen molar-refractivity contribution in [2.45, 2.75) is 26.4 Å². The first-order chi connectivity index (χ1) is 5.70. The van der Waals surface area contributed by atoms with Crippen molar-refractivity contribution in [2.24, 2.45) is 0 Å².